The van der Waals surface area contributed by atoms with Crippen molar-refractivity contribution < 1.29 is 23.1 Å². The Morgan fingerprint density at radius 1 is 1.10 bits per heavy atom. The van der Waals surface area contributed by atoms with Gasteiger partial charge in [-0.05, 0) is 77.9 Å². The average Bonchev–Trinajstić information content (AvgIpc) is 3.53. The summed E-state index contributed by atoms with van der Waals surface area (Å²) in [5.74, 6) is 0.0259. The van der Waals surface area contributed by atoms with Gasteiger partial charge in [-0.25, -0.2) is 0 Å². The molecule has 0 saturated heterocycles. The normalized spacial score (nSPS) is 15.8. The molecule has 0 unspecified atom stereocenters. The highest BCUT2D eigenvalue weighted by Gasteiger charge is 2.41. The van der Waals surface area contributed by atoms with Crippen molar-refractivity contribution in [2.75, 3.05) is 11.4 Å². The molecule has 214 valence electrons. The average molecular weight is 573 g/mol. The van der Waals surface area contributed by atoms with E-state index in [0.29, 0.717) is 46.6 Å². The van der Waals surface area contributed by atoms with Gasteiger partial charge in [0, 0.05) is 37.0 Å². The Kier molecular flexibility index (Phi) is 6.83. The maximum absolute atomic E-state index is 14.2. The number of alkyl halides is 3. The molecule has 11 heteroatoms. The number of hydrogen-bond donors (Lipinski definition) is 2. The van der Waals surface area contributed by atoms with Crippen LogP contribution < -0.4 is 10.2 Å². The van der Waals surface area contributed by atoms with Crippen molar-refractivity contribution in [2.24, 2.45) is 7.05 Å². The molecule has 6 rings (SSSR count). The fraction of sp³-hybridized carbons (Fsp3) is 0.290. The van der Waals surface area contributed by atoms with Crippen LogP contribution in [0, 0.1) is 11.3 Å². The molecule has 0 atom stereocenters. The second-order valence-electron chi connectivity index (χ2n) is 10.9. The maximum Gasteiger partial charge on any atom is 0.416 e. The summed E-state index contributed by atoms with van der Waals surface area (Å²) >= 11 is 0. The lowest BCUT2D eigenvalue weighted by Crippen LogP contribution is -2.46. The van der Waals surface area contributed by atoms with Crippen LogP contribution in [-0.2, 0) is 26.3 Å². The molecule has 1 aliphatic heterocycles. The van der Waals surface area contributed by atoms with Gasteiger partial charge < -0.3 is 19.9 Å². The largest absolute Gasteiger partial charge is 0.416 e. The first-order chi connectivity index (χ1) is 20.1. The van der Waals surface area contributed by atoms with Gasteiger partial charge in [0.15, 0.2) is 5.82 Å². The number of nitrogens with zero attached hydrogens (tertiary/aromatic N) is 5. The van der Waals surface area contributed by atoms with Crippen molar-refractivity contribution in [1.29, 1.82) is 5.26 Å². The predicted octanol–water partition coefficient (Wildman–Crippen LogP) is 5.20. The topological polar surface area (TPSA) is 107 Å². The highest BCUT2D eigenvalue weighted by Crippen LogP contribution is 2.41. The van der Waals surface area contributed by atoms with Gasteiger partial charge in [0.05, 0.1) is 29.3 Å². The van der Waals surface area contributed by atoms with Crippen molar-refractivity contribution in [3.8, 4) is 28.6 Å². The number of aliphatic hydroxyl groups is 1. The predicted molar refractivity (Wildman–Crippen MR) is 149 cm³/mol. The first-order valence-corrected chi connectivity index (χ1v) is 13.5. The number of benzene rings is 3. The minimum Gasteiger partial charge on any atom is -0.389 e. The van der Waals surface area contributed by atoms with Crippen molar-refractivity contribution in [1.82, 2.24) is 20.1 Å². The van der Waals surface area contributed by atoms with E-state index < -0.39 is 23.2 Å². The molecule has 1 aliphatic carbocycles. The Labute approximate surface area is 240 Å². The number of hydrogen-bond acceptors (Lipinski definition) is 6. The Bertz CT molecular complexity index is 1740. The fourth-order valence-electron chi connectivity index (χ4n) is 5.65. The number of nitriles is 1. The molecule has 3 aromatic carbocycles. The minimum absolute atomic E-state index is 0.0209. The van der Waals surface area contributed by atoms with Gasteiger partial charge in [-0.2, -0.15) is 18.4 Å². The number of carbonyl (C=O) groups is 1. The summed E-state index contributed by atoms with van der Waals surface area (Å²) in [4.78, 5) is 14.9. The molecule has 2 aliphatic rings. The molecule has 2 heterocycles. The lowest BCUT2D eigenvalue weighted by atomic mass is 9.80. The highest BCUT2D eigenvalue weighted by atomic mass is 19.4. The molecular formula is C31H27F3N6O2. The summed E-state index contributed by atoms with van der Waals surface area (Å²) in [5, 5.41) is 31.0. The summed E-state index contributed by atoms with van der Waals surface area (Å²) in [5.41, 5.74) is 1.62. The van der Waals surface area contributed by atoms with Gasteiger partial charge in [-0.15, -0.1) is 10.2 Å². The summed E-state index contributed by atoms with van der Waals surface area (Å²) in [6.45, 7) is 0.165. The van der Waals surface area contributed by atoms with Crippen LogP contribution in [0.25, 0.3) is 22.5 Å². The second kappa shape index (κ2) is 10.4. The van der Waals surface area contributed by atoms with Crippen LogP contribution in [0.1, 0.15) is 51.9 Å². The number of halogens is 3. The molecule has 1 amide bonds. The van der Waals surface area contributed by atoms with Gasteiger partial charge >= 0.3 is 6.18 Å². The number of anilines is 1. The third-order valence-corrected chi connectivity index (χ3v) is 8.04. The molecule has 0 bridgehead atoms. The SMILES string of the molecule is Cn1cnnc1-c1cc(C#N)ccc1-c1cccc(N2Cc3c(cc(CNCC4(O)CCC4)cc3C(F)(F)F)C2=O)c1. The molecule has 0 spiro atoms. The van der Waals surface area contributed by atoms with E-state index >= 15 is 0 Å². The van der Waals surface area contributed by atoms with E-state index in [0.717, 1.165) is 18.1 Å². The minimum atomic E-state index is -4.64. The molecule has 2 N–H and O–H groups in total. The van der Waals surface area contributed by atoms with Crippen LogP contribution in [0.15, 0.2) is 60.9 Å². The number of aryl methyl sites for hydroxylation is 1. The fourth-order valence-corrected chi connectivity index (χ4v) is 5.65. The van der Waals surface area contributed by atoms with E-state index in [2.05, 4.69) is 21.6 Å². The summed E-state index contributed by atoms with van der Waals surface area (Å²) < 4.78 is 44.3. The highest BCUT2D eigenvalue weighted by molar-refractivity contribution is 6.10. The van der Waals surface area contributed by atoms with Crippen LogP contribution in [0.2, 0.25) is 0 Å². The summed E-state index contributed by atoms with van der Waals surface area (Å²) in [6, 6.07) is 16.9. The van der Waals surface area contributed by atoms with E-state index in [-0.39, 0.29) is 30.8 Å². The Morgan fingerprint density at radius 2 is 1.90 bits per heavy atom. The number of carbonyl (C=O) groups excluding carboxylic acids is 1. The number of aromatic nitrogens is 3. The Hall–Kier alpha value is -4.53. The quantitative estimate of drug-likeness (QED) is 0.315. The molecular weight excluding hydrogens is 545 g/mol. The molecule has 42 heavy (non-hydrogen) atoms. The van der Waals surface area contributed by atoms with Crippen molar-refractivity contribution in [3.63, 3.8) is 0 Å². The number of rotatable bonds is 7. The lowest BCUT2D eigenvalue weighted by molar-refractivity contribution is -0.138. The second-order valence-corrected chi connectivity index (χ2v) is 10.9. The summed E-state index contributed by atoms with van der Waals surface area (Å²) in [7, 11) is 1.78. The molecule has 4 aromatic rings. The van der Waals surface area contributed by atoms with E-state index in [1.807, 2.05) is 6.07 Å². The zero-order valence-electron chi connectivity index (χ0n) is 22.7. The van der Waals surface area contributed by atoms with Crippen LogP contribution in [0.4, 0.5) is 18.9 Å². The van der Waals surface area contributed by atoms with Gasteiger partial charge in [0.2, 0.25) is 0 Å². The van der Waals surface area contributed by atoms with Crippen molar-refractivity contribution in [2.45, 2.75) is 44.1 Å². The zero-order chi connectivity index (χ0) is 29.6. The third kappa shape index (κ3) is 5.04. The summed E-state index contributed by atoms with van der Waals surface area (Å²) in [6.07, 6.45) is -0.850. The first-order valence-electron chi connectivity index (χ1n) is 13.5. The van der Waals surface area contributed by atoms with Crippen LogP contribution in [0.5, 0.6) is 0 Å². The van der Waals surface area contributed by atoms with Crippen molar-refractivity contribution in [3.05, 3.63) is 88.7 Å². The molecule has 0 radical (unpaired) electrons. The smallest absolute Gasteiger partial charge is 0.389 e. The van der Waals surface area contributed by atoms with E-state index in [4.69, 9.17) is 0 Å². The molecule has 1 aromatic heterocycles. The van der Waals surface area contributed by atoms with Crippen molar-refractivity contribution >= 4 is 11.6 Å². The maximum atomic E-state index is 14.2. The Morgan fingerprint density at radius 3 is 2.57 bits per heavy atom. The van der Waals surface area contributed by atoms with Gasteiger partial charge in [0.1, 0.15) is 6.33 Å². The molecule has 8 nitrogen and oxygen atoms in total. The van der Waals surface area contributed by atoms with Gasteiger partial charge in [0.25, 0.3) is 5.91 Å². The first kappa shape index (κ1) is 27.6. The van der Waals surface area contributed by atoms with Crippen LogP contribution in [0.3, 0.4) is 0 Å². The van der Waals surface area contributed by atoms with E-state index in [1.54, 1.807) is 54.3 Å². The number of fused-ring (bicyclic) bond motifs is 1. The van der Waals surface area contributed by atoms with Gasteiger partial charge in [-0.1, -0.05) is 18.2 Å². The third-order valence-electron chi connectivity index (χ3n) is 8.04. The van der Waals surface area contributed by atoms with E-state index in [1.165, 1.54) is 11.0 Å². The number of amides is 1. The van der Waals surface area contributed by atoms with Gasteiger partial charge in [-0.3, -0.25) is 4.79 Å². The molecule has 1 fully saturated rings. The number of nitrogens with one attached hydrogen (secondary N) is 1. The standard InChI is InChI=1S/C31H27F3N6O2/c1-39-18-37-38-28(39)24-10-19(14-35)6-7-23(24)21-4-2-5-22(13-21)40-16-26-25(29(40)41)11-20(12-27(26)31(32,33)34)15-36-17-30(42)8-3-9-30/h2,4-7,10-13,18,36,42H,3,8-9,15-17H2,1H3. The lowest BCUT2D eigenvalue weighted by Gasteiger charge is -2.36. The monoisotopic (exact) mass is 572 g/mol. The Balaban J connectivity index is 1.33. The van der Waals surface area contributed by atoms with Crippen LogP contribution in [-0.4, -0.2) is 37.9 Å². The van der Waals surface area contributed by atoms with E-state index in [9.17, 15) is 28.3 Å². The molecule has 1 saturated carbocycles. The zero-order valence-corrected chi connectivity index (χ0v) is 22.7. The van der Waals surface area contributed by atoms with Crippen LogP contribution >= 0.6 is 0 Å².